The molecule has 76 valence electrons. The zero-order valence-electron chi connectivity index (χ0n) is 8.21. The van der Waals surface area contributed by atoms with Gasteiger partial charge in [0.25, 0.3) is 0 Å². The van der Waals surface area contributed by atoms with Gasteiger partial charge in [-0.1, -0.05) is 18.5 Å². The Hall–Kier alpha value is -1.09. The third-order valence-electron chi connectivity index (χ3n) is 1.72. The first-order valence-electron chi connectivity index (χ1n) is 4.51. The van der Waals surface area contributed by atoms with Gasteiger partial charge in [0, 0.05) is 5.69 Å². The highest BCUT2D eigenvalue weighted by molar-refractivity contribution is 6.29. The number of halogens is 1. The molecule has 1 aromatic rings. The van der Waals surface area contributed by atoms with Gasteiger partial charge in [-0.15, -0.1) is 0 Å². The van der Waals surface area contributed by atoms with Crippen molar-refractivity contribution in [1.29, 1.82) is 0 Å². The van der Waals surface area contributed by atoms with Crippen LogP contribution < -0.4 is 0 Å². The highest BCUT2D eigenvalue weighted by atomic mass is 35.5. The molecule has 0 aliphatic heterocycles. The highest BCUT2D eigenvalue weighted by Gasteiger charge is 2.08. The van der Waals surface area contributed by atoms with Crippen molar-refractivity contribution < 1.29 is 9.53 Å². The molecule has 4 heteroatoms. The molecular formula is C10H12ClNO2. The molecule has 0 aromatic carbocycles. The summed E-state index contributed by atoms with van der Waals surface area (Å²) in [6, 6.07) is 3.21. The minimum absolute atomic E-state index is 0.326. The Morgan fingerprint density at radius 1 is 1.50 bits per heavy atom. The van der Waals surface area contributed by atoms with Crippen LogP contribution in [0.3, 0.4) is 0 Å². The summed E-state index contributed by atoms with van der Waals surface area (Å²) < 4.78 is 4.86. The van der Waals surface area contributed by atoms with Crippen molar-refractivity contribution >= 4 is 17.6 Å². The predicted molar refractivity (Wildman–Crippen MR) is 54.6 cm³/mol. The van der Waals surface area contributed by atoms with Gasteiger partial charge >= 0.3 is 5.97 Å². The third kappa shape index (κ3) is 2.70. The maximum Gasteiger partial charge on any atom is 0.338 e. The highest BCUT2D eigenvalue weighted by Crippen LogP contribution is 2.12. The zero-order chi connectivity index (χ0) is 10.6. The molecule has 0 spiro atoms. The lowest BCUT2D eigenvalue weighted by atomic mass is 10.2. The van der Waals surface area contributed by atoms with E-state index in [9.17, 15) is 4.79 Å². The number of hydrogen-bond acceptors (Lipinski definition) is 3. The van der Waals surface area contributed by atoms with Gasteiger partial charge in [-0.3, -0.25) is 0 Å². The molecule has 0 aliphatic carbocycles. The minimum Gasteiger partial charge on any atom is -0.462 e. The fourth-order valence-corrected chi connectivity index (χ4v) is 1.29. The number of pyridine rings is 1. The van der Waals surface area contributed by atoms with Crippen LogP contribution in [0.25, 0.3) is 0 Å². The number of carbonyl (C=O) groups excluding carboxylic acids is 1. The summed E-state index contributed by atoms with van der Waals surface area (Å²) in [6.45, 7) is 4.08. The first-order valence-corrected chi connectivity index (χ1v) is 4.88. The van der Waals surface area contributed by atoms with E-state index in [2.05, 4.69) is 4.98 Å². The van der Waals surface area contributed by atoms with Crippen LogP contribution in [0.4, 0.5) is 0 Å². The van der Waals surface area contributed by atoms with Gasteiger partial charge in [-0.05, 0) is 25.5 Å². The molecule has 0 amide bonds. The molecule has 0 unspecified atom stereocenters. The Bertz CT molecular complexity index is 339. The molecular weight excluding hydrogens is 202 g/mol. The fourth-order valence-electron chi connectivity index (χ4n) is 1.06. The van der Waals surface area contributed by atoms with Gasteiger partial charge in [-0.25, -0.2) is 9.78 Å². The first kappa shape index (κ1) is 11.0. The first-order chi connectivity index (χ1) is 6.67. The monoisotopic (exact) mass is 213 g/mol. The molecule has 1 rings (SSSR count). The second kappa shape index (κ2) is 4.96. The summed E-state index contributed by atoms with van der Waals surface area (Å²) >= 11 is 5.75. The van der Waals surface area contributed by atoms with E-state index in [-0.39, 0.29) is 5.97 Å². The quantitative estimate of drug-likeness (QED) is 0.572. The van der Waals surface area contributed by atoms with Crippen molar-refractivity contribution in [2.45, 2.75) is 20.3 Å². The second-order valence-corrected chi connectivity index (χ2v) is 3.13. The number of carbonyl (C=O) groups is 1. The molecule has 14 heavy (non-hydrogen) atoms. The number of aromatic nitrogens is 1. The van der Waals surface area contributed by atoms with Crippen molar-refractivity contribution in [3.05, 3.63) is 28.5 Å². The van der Waals surface area contributed by atoms with Crippen molar-refractivity contribution in [3.8, 4) is 0 Å². The van der Waals surface area contributed by atoms with Gasteiger partial charge in [0.15, 0.2) is 0 Å². The lowest BCUT2D eigenvalue weighted by molar-refractivity contribution is 0.0526. The third-order valence-corrected chi connectivity index (χ3v) is 1.91. The van der Waals surface area contributed by atoms with Crippen molar-refractivity contribution in [2.24, 2.45) is 0 Å². The molecule has 0 saturated carbocycles. The number of esters is 1. The van der Waals surface area contributed by atoms with E-state index in [1.807, 2.05) is 6.92 Å². The second-order valence-electron chi connectivity index (χ2n) is 2.74. The van der Waals surface area contributed by atoms with Crippen molar-refractivity contribution in [3.63, 3.8) is 0 Å². The Morgan fingerprint density at radius 3 is 2.79 bits per heavy atom. The topological polar surface area (TPSA) is 39.2 Å². The Kier molecular flexibility index (Phi) is 3.89. The lowest BCUT2D eigenvalue weighted by Gasteiger charge is -2.03. The number of rotatable bonds is 3. The van der Waals surface area contributed by atoms with Crippen molar-refractivity contribution in [2.75, 3.05) is 6.61 Å². The lowest BCUT2D eigenvalue weighted by Crippen LogP contribution is -2.06. The molecule has 0 saturated heterocycles. The molecule has 0 N–H and O–H groups in total. The van der Waals surface area contributed by atoms with Crippen LogP contribution in [0.2, 0.25) is 5.15 Å². The summed E-state index contributed by atoms with van der Waals surface area (Å²) in [4.78, 5) is 15.4. The van der Waals surface area contributed by atoms with Gasteiger partial charge < -0.3 is 4.74 Å². The summed E-state index contributed by atoms with van der Waals surface area (Å²) in [6.07, 6.45) is 0.743. The van der Waals surface area contributed by atoms with Crippen LogP contribution >= 0.6 is 11.6 Å². The molecule has 1 aromatic heterocycles. The van der Waals surface area contributed by atoms with Crippen LogP contribution in [-0.4, -0.2) is 17.6 Å². The number of ether oxygens (including phenoxy) is 1. The average Bonchev–Trinajstić information content (AvgIpc) is 2.17. The SMILES string of the molecule is CCOC(=O)c1cc(Cl)nc(CC)c1. The number of aryl methyl sites for hydroxylation is 1. The van der Waals surface area contributed by atoms with Crippen LogP contribution in [0.15, 0.2) is 12.1 Å². The zero-order valence-corrected chi connectivity index (χ0v) is 8.97. The smallest absolute Gasteiger partial charge is 0.338 e. The van der Waals surface area contributed by atoms with Gasteiger partial charge in [-0.2, -0.15) is 0 Å². The van der Waals surface area contributed by atoms with E-state index in [0.717, 1.165) is 12.1 Å². The molecule has 0 fully saturated rings. The number of hydrogen-bond donors (Lipinski definition) is 0. The van der Waals surface area contributed by atoms with Crippen LogP contribution in [0, 0.1) is 0 Å². The molecule has 1 heterocycles. The molecule has 0 bridgehead atoms. The van der Waals surface area contributed by atoms with E-state index in [4.69, 9.17) is 16.3 Å². The molecule has 0 radical (unpaired) electrons. The summed E-state index contributed by atoms with van der Waals surface area (Å²) in [5, 5.41) is 0.326. The predicted octanol–water partition coefficient (Wildman–Crippen LogP) is 2.47. The normalized spacial score (nSPS) is 9.93. The van der Waals surface area contributed by atoms with Crippen LogP contribution in [0.1, 0.15) is 29.9 Å². The van der Waals surface area contributed by atoms with E-state index in [1.54, 1.807) is 13.0 Å². The minimum atomic E-state index is -0.355. The average molecular weight is 214 g/mol. The van der Waals surface area contributed by atoms with Crippen molar-refractivity contribution in [1.82, 2.24) is 4.98 Å². The maximum absolute atomic E-state index is 11.4. The van der Waals surface area contributed by atoms with Crippen LogP contribution in [0.5, 0.6) is 0 Å². The summed E-state index contributed by atoms with van der Waals surface area (Å²) in [5.74, 6) is -0.355. The van der Waals surface area contributed by atoms with Gasteiger partial charge in [0.1, 0.15) is 5.15 Å². The van der Waals surface area contributed by atoms with E-state index < -0.39 is 0 Å². The fraction of sp³-hybridized carbons (Fsp3) is 0.400. The summed E-state index contributed by atoms with van der Waals surface area (Å²) in [7, 11) is 0. The van der Waals surface area contributed by atoms with E-state index in [1.165, 1.54) is 6.07 Å². The number of nitrogens with zero attached hydrogens (tertiary/aromatic N) is 1. The van der Waals surface area contributed by atoms with Crippen LogP contribution in [-0.2, 0) is 11.2 Å². The molecule has 0 aliphatic rings. The van der Waals surface area contributed by atoms with Gasteiger partial charge in [0.2, 0.25) is 0 Å². The van der Waals surface area contributed by atoms with E-state index in [0.29, 0.717) is 17.3 Å². The van der Waals surface area contributed by atoms with Gasteiger partial charge in [0.05, 0.1) is 12.2 Å². The Balaban J connectivity index is 2.96. The maximum atomic E-state index is 11.4. The Labute approximate surface area is 88.1 Å². The Morgan fingerprint density at radius 2 is 2.21 bits per heavy atom. The molecule has 0 atom stereocenters. The summed E-state index contributed by atoms with van der Waals surface area (Å²) in [5.41, 5.74) is 1.25. The largest absolute Gasteiger partial charge is 0.462 e. The van der Waals surface area contributed by atoms with E-state index >= 15 is 0 Å². The standard InChI is InChI=1S/C10H12ClNO2/c1-3-8-5-7(6-9(11)12-8)10(13)14-4-2/h5-6H,3-4H2,1-2H3. The molecule has 3 nitrogen and oxygen atoms in total.